The van der Waals surface area contributed by atoms with Crippen LogP contribution in [0.2, 0.25) is 0 Å². The van der Waals surface area contributed by atoms with E-state index in [1.807, 2.05) is 0 Å². The third-order valence-electron chi connectivity index (χ3n) is 13.1. The van der Waals surface area contributed by atoms with E-state index in [1.165, 1.54) is 69.8 Å². The SMILES string of the molecule is C=C(C)[C@@]12CC[C@H]3[C@@](C)(CC[C@@]4(C)[C@@H]5CC[C@H](C(C)C)[C@@]5(C)CC[C@]34C)[C@@H]1CCCO2. The zero-order valence-electron chi connectivity index (χ0n) is 21.8. The fourth-order valence-electron chi connectivity index (χ4n) is 11.5. The van der Waals surface area contributed by atoms with Crippen LogP contribution in [0.4, 0.5) is 0 Å². The van der Waals surface area contributed by atoms with Crippen LogP contribution in [-0.2, 0) is 4.74 Å². The van der Waals surface area contributed by atoms with Gasteiger partial charge in [0.2, 0.25) is 0 Å². The lowest BCUT2D eigenvalue weighted by Gasteiger charge is -2.73. The minimum Gasteiger partial charge on any atom is -0.370 e. The van der Waals surface area contributed by atoms with Crippen molar-refractivity contribution in [2.24, 2.45) is 51.2 Å². The van der Waals surface area contributed by atoms with Crippen LogP contribution in [0.3, 0.4) is 0 Å². The Hall–Kier alpha value is -0.300. The normalized spacial score (nSPS) is 56.4. The Bertz CT molecular complexity index is 754. The number of hydrogen-bond acceptors (Lipinski definition) is 1. The molecule has 31 heavy (non-hydrogen) atoms. The molecular formula is C30H50O. The van der Waals surface area contributed by atoms with Crippen molar-refractivity contribution in [2.45, 2.75) is 118 Å². The summed E-state index contributed by atoms with van der Waals surface area (Å²) in [7, 11) is 0. The van der Waals surface area contributed by atoms with Crippen LogP contribution in [0.5, 0.6) is 0 Å². The second-order valence-corrected chi connectivity index (χ2v) is 14.1. The first kappa shape index (κ1) is 22.5. The predicted molar refractivity (Wildman–Crippen MR) is 131 cm³/mol. The zero-order valence-corrected chi connectivity index (χ0v) is 21.8. The molecule has 1 saturated heterocycles. The molecule has 5 fully saturated rings. The minimum atomic E-state index is -0.0348. The molecule has 1 nitrogen and oxygen atoms in total. The average Bonchev–Trinajstić information content (AvgIpc) is 3.08. The Kier molecular flexibility index (Phi) is 4.98. The van der Waals surface area contributed by atoms with Gasteiger partial charge in [0.1, 0.15) is 0 Å². The molecule has 0 radical (unpaired) electrons. The van der Waals surface area contributed by atoms with Crippen LogP contribution in [0.15, 0.2) is 12.2 Å². The molecule has 4 aliphatic carbocycles. The van der Waals surface area contributed by atoms with Crippen molar-refractivity contribution in [1.82, 2.24) is 0 Å². The van der Waals surface area contributed by atoms with Crippen molar-refractivity contribution in [2.75, 3.05) is 6.61 Å². The predicted octanol–water partition coefficient (Wildman–Crippen LogP) is 8.43. The highest BCUT2D eigenvalue weighted by molar-refractivity contribution is 5.25. The van der Waals surface area contributed by atoms with Crippen LogP contribution in [0, 0.1) is 51.2 Å². The van der Waals surface area contributed by atoms with Crippen molar-refractivity contribution >= 4 is 0 Å². The number of fused-ring (bicyclic) bond motifs is 7. The van der Waals surface area contributed by atoms with E-state index in [2.05, 4.69) is 55.0 Å². The molecule has 1 aliphatic heterocycles. The molecule has 5 aliphatic rings. The lowest BCUT2D eigenvalue weighted by molar-refractivity contribution is -0.261. The largest absolute Gasteiger partial charge is 0.370 e. The molecule has 4 saturated carbocycles. The molecule has 0 aromatic heterocycles. The standard InChI is InChI=1S/C30H50O/c1-20(2)22-11-12-23-26(22,5)15-17-29(8)24-13-14-30(21(3)4)25(10-9-19-31-30)27(24,6)16-18-28(23,29)7/h20,22-25H,3,9-19H2,1-2,4-8H3/t22-,23-,24+,25+,26-,27-,28+,29-,30+/m1/s1. The number of hydrogen-bond donors (Lipinski definition) is 0. The van der Waals surface area contributed by atoms with Crippen LogP contribution < -0.4 is 0 Å². The molecule has 0 amide bonds. The number of rotatable bonds is 2. The van der Waals surface area contributed by atoms with Gasteiger partial charge in [0, 0.05) is 6.61 Å². The second kappa shape index (κ2) is 6.86. The van der Waals surface area contributed by atoms with E-state index >= 15 is 0 Å². The fraction of sp³-hybridized carbons (Fsp3) is 0.933. The molecule has 9 atom stereocenters. The van der Waals surface area contributed by atoms with Crippen molar-refractivity contribution in [3.05, 3.63) is 12.2 Å². The van der Waals surface area contributed by atoms with E-state index in [9.17, 15) is 0 Å². The summed E-state index contributed by atoms with van der Waals surface area (Å²) in [5, 5.41) is 0. The first-order valence-corrected chi connectivity index (χ1v) is 13.8. The molecule has 0 aromatic carbocycles. The van der Waals surface area contributed by atoms with E-state index in [-0.39, 0.29) is 5.60 Å². The van der Waals surface area contributed by atoms with Crippen molar-refractivity contribution in [3.8, 4) is 0 Å². The molecule has 1 heteroatoms. The third-order valence-corrected chi connectivity index (χ3v) is 13.1. The summed E-state index contributed by atoms with van der Waals surface area (Å²) >= 11 is 0. The maximum atomic E-state index is 6.67. The summed E-state index contributed by atoms with van der Waals surface area (Å²) in [6.07, 6.45) is 13.9. The van der Waals surface area contributed by atoms with Crippen molar-refractivity contribution < 1.29 is 4.74 Å². The lowest BCUT2D eigenvalue weighted by atomic mass is 9.32. The summed E-state index contributed by atoms with van der Waals surface area (Å²) in [4.78, 5) is 0. The van der Waals surface area contributed by atoms with Crippen molar-refractivity contribution in [3.63, 3.8) is 0 Å². The fourth-order valence-corrected chi connectivity index (χ4v) is 11.5. The first-order valence-electron chi connectivity index (χ1n) is 13.8. The quantitative estimate of drug-likeness (QED) is 0.402. The Balaban J connectivity index is 1.54. The van der Waals surface area contributed by atoms with Gasteiger partial charge in [-0.3, -0.25) is 0 Å². The molecule has 0 bridgehead atoms. The van der Waals surface area contributed by atoms with E-state index in [4.69, 9.17) is 4.74 Å². The highest BCUT2D eigenvalue weighted by Crippen LogP contribution is 2.78. The van der Waals surface area contributed by atoms with Crippen LogP contribution in [0.25, 0.3) is 0 Å². The van der Waals surface area contributed by atoms with Crippen molar-refractivity contribution in [1.29, 1.82) is 0 Å². The van der Waals surface area contributed by atoms with Crippen LogP contribution in [0.1, 0.15) is 113 Å². The van der Waals surface area contributed by atoms with Gasteiger partial charge in [-0.1, -0.05) is 48.1 Å². The Morgan fingerprint density at radius 3 is 2.00 bits per heavy atom. The zero-order chi connectivity index (χ0) is 22.4. The van der Waals surface area contributed by atoms with Gasteiger partial charge in [-0.25, -0.2) is 0 Å². The van der Waals surface area contributed by atoms with Gasteiger partial charge < -0.3 is 4.74 Å². The highest BCUT2D eigenvalue weighted by Gasteiger charge is 2.71. The average molecular weight is 427 g/mol. The lowest BCUT2D eigenvalue weighted by Crippen LogP contribution is -2.68. The molecule has 0 spiro atoms. The van der Waals surface area contributed by atoms with Gasteiger partial charge in [-0.2, -0.15) is 0 Å². The molecule has 0 N–H and O–H groups in total. The van der Waals surface area contributed by atoms with Gasteiger partial charge in [0.25, 0.3) is 0 Å². The summed E-state index contributed by atoms with van der Waals surface area (Å²) in [5.74, 6) is 4.21. The van der Waals surface area contributed by atoms with Gasteiger partial charge in [0.05, 0.1) is 5.60 Å². The molecular weight excluding hydrogens is 376 g/mol. The summed E-state index contributed by atoms with van der Waals surface area (Å²) in [6.45, 7) is 23.6. The van der Waals surface area contributed by atoms with Crippen LogP contribution in [-0.4, -0.2) is 12.2 Å². The van der Waals surface area contributed by atoms with Crippen LogP contribution >= 0.6 is 0 Å². The maximum Gasteiger partial charge on any atom is 0.0919 e. The maximum absolute atomic E-state index is 6.67. The third kappa shape index (κ3) is 2.60. The molecule has 1 heterocycles. The Morgan fingerprint density at radius 1 is 0.774 bits per heavy atom. The Labute approximate surface area is 193 Å². The van der Waals surface area contributed by atoms with E-state index in [0.717, 1.165) is 30.3 Å². The molecule has 5 rings (SSSR count). The van der Waals surface area contributed by atoms with Gasteiger partial charge in [-0.05, 0) is 128 Å². The topological polar surface area (TPSA) is 9.23 Å². The smallest absolute Gasteiger partial charge is 0.0919 e. The van der Waals surface area contributed by atoms with E-state index < -0.39 is 0 Å². The monoisotopic (exact) mass is 426 g/mol. The minimum absolute atomic E-state index is 0.0348. The second-order valence-electron chi connectivity index (χ2n) is 14.1. The summed E-state index contributed by atoms with van der Waals surface area (Å²) in [5.41, 5.74) is 3.24. The highest BCUT2D eigenvalue weighted by atomic mass is 16.5. The van der Waals surface area contributed by atoms with E-state index in [1.54, 1.807) is 0 Å². The molecule has 0 unspecified atom stereocenters. The van der Waals surface area contributed by atoms with Gasteiger partial charge in [-0.15, -0.1) is 0 Å². The van der Waals surface area contributed by atoms with E-state index in [0.29, 0.717) is 27.6 Å². The molecule has 176 valence electrons. The number of ether oxygens (including phenoxy) is 1. The Morgan fingerprint density at radius 2 is 1.39 bits per heavy atom. The summed E-state index contributed by atoms with van der Waals surface area (Å²) < 4.78 is 6.67. The summed E-state index contributed by atoms with van der Waals surface area (Å²) in [6, 6.07) is 0. The first-order chi connectivity index (χ1) is 14.5. The van der Waals surface area contributed by atoms with Gasteiger partial charge >= 0.3 is 0 Å². The van der Waals surface area contributed by atoms with Gasteiger partial charge in [0.15, 0.2) is 0 Å². The molecule has 0 aromatic rings.